The van der Waals surface area contributed by atoms with Crippen molar-refractivity contribution < 1.29 is 14.9 Å². The Morgan fingerprint density at radius 2 is 2.15 bits per heavy atom. The van der Waals surface area contributed by atoms with Gasteiger partial charge >= 0.3 is 0 Å². The van der Waals surface area contributed by atoms with Crippen molar-refractivity contribution in [3.8, 4) is 0 Å². The maximum Gasteiger partial charge on any atom is 0.0972 e. The second-order valence-corrected chi connectivity index (χ2v) is 3.85. The molecule has 0 saturated carbocycles. The van der Waals surface area contributed by atoms with Crippen molar-refractivity contribution in [2.75, 3.05) is 33.4 Å². The molecule has 0 heterocycles. The standard InChI is InChI=1S/C9H21NO3/c1-8(5-13-3)4-10-6-9(2,12)7-11/h8,10-12H,4-7H2,1-3H3. The van der Waals surface area contributed by atoms with Crippen LogP contribution in [0.3, 0.4) is 0 Å². The van der Waals surface area contributed by atoms with E-state index in [1.807, 2.05) is 0 Å². The fraction of sp³-hybridized carbons (Fsp3) is 1.00. The second-order valence-electron chi connectivity index (χ2n) is 3.85. The van der Waals surface area contributed by atoms with Crippen LogP contribution >= 0.6 is 0 Å². The third-order valence-electron chi connectivity index (χ3n) is 1.79. The summed E-state index contributed by atoms with van der Waals surface area (Å²) in [5.74, 6) is 0.416. The van der Waals surface area contributed by atoms with Crippen LogP contribution in [0.4, 0.5) is 0 Å². The highest BCUT2D eigenvalue weighted by Crippen LogP contribution is 1.99. The summed E-state index contributed by atoms with van der Waals surface area (Å²) in [7, 11) is 1.67. The molecule has 0 spiro atoms. The van der Waals surface area contributed by atoms with Gasteiger partial charge in [0.05, 0.1) is 12.2 Å². The molecule has 0 aliphatic heterocycles. The summed E-state index contributed by atoms with van der Waals surface area (Å²) < 4.78 is 4.96. The first-order valence-corrected chi connectivity index (χ1v) is 4.54. The van der Waals surface area contributed by atoms with E-state index in [4.69, 9.17) is 9.84 Å². The summed E-state index contributed by atoms with van der Waals surface area (Å²) in [6.45, 7) is 5.32. The summed E-state index contributed by atoms with van der Waals surface area (Å²) in [6, 6.07) is 0. The predicted molar refractivity (Wildman–Crippen MR) is 51.6 cm³/mol. The molecular formula is C9H21NO3. The molecule has 0 aromatic heterocycles. The largest absolute Gasteiger partial charge is 0.393 e. The van der Waals surface area contributed by atoms with Gasteiger partial charge in [-0.25, -0.2) is 0 Å². The lowest BCUT2D eigenvalue weighted by atomic mass is 10.1. The summed E-state index contributed by atoms with van der Waals surface area (Å²) in [5, 5.41) is 21.2. The van der Waals surface area contributed by atoms with Crippen LogP contribution in [0.5, 0.6) is 0 Å². The van der Waals surface area contributed by atoms with Crippen LogP contribution in [-0.4, -0.2) is 49.2 Å². The first-order chi connectivity index (χ1) is 6.02. The Morgan fingerprint density at radius 3 is 2.62 bits per heavy atom. The molecule has 0 bridgehead atoms. The molecule has 0 fully saturated rings. The third-order valence-corrected chi connectivity index (χ3v) is 1.79. The Bertz CT molecular complexity index is 128. The van der Waals surface area contributed by atoms with Gasteiger partial charge in [-0.15, -0.1) is 0 Å². The molecule has 0 radical (unpaired) electrons. The molecule has 13 heavy (non-hydrogen) atoms. The highest BCUT2D eigenvalue weighted by atomic mass is 16.5. The number of methoxy groups -OCH3 is 1. The maximum absolute atomic E-state index is 9.42. The topological polar surface area (TPSA) is 61.7 Å². The first-order valence-electron chi connectivity index (χ1n) is 4.54. The van der Waals surface area contributed by atoms with Gasteiger partial charge in [0.25, 0.3) is 0 Å². The van der Waals surface area contributed by atoms with Crippen LogP contribution in [0, 0.1) is 5.92 Å². The molecule has 0 aliphatic rings. The summed E-state index contributed by atoms with van der Waals surface area (Å²) in [4.78, 5) is 0. The van der Waals surface area contributed by atoms with Crippen LogP contribution in [0.25, 0.3) is 0 Å². The highest BCUT2D eigenvalue weighted by molar-refractivity contribution is 4.74. The molecule has 0 saturated heterocycles. The van der Waals surface area contributed by atoms with Crippen molar-refractivity contribution in [1.82, 2.24) is 5.32 Å². The van der Waals surface area contributed by atoms with Crippen molar-refractivity contribution in [2.45, 2.75) is 19.4 Å². The molecule has 2 atom stereocenters. The van der Waals surface area contributed by atoms with E-state index >= 15 is 0 Å². The van der Waals surface area contributed by atoms with Gasteiger partial charge < -0.3 is 20.3 Å². The van der Waals surface area contributed by atoms with E-state index in [0.717, 1.165) is 6.54 Å². The van der Waals surface area contributed by atoms with Gasteiger partial charge in [-0.3, -0.25) is 0 Å². The van der Waals surface area contributed by atoms with Crippen LogP contribution in [0.1, 0.15) is 13.8 Å². The molecule has 4 heteroatoms. The van der Waals surface area contributed by atoms with Gasteiger partial charge in [0, 0.05) is 26.8 Å². The van der Waals surface area contributed by atoms with E-state index < -0.39 is 5.60 Å². The minimum absolute atomic E-state index is 0.224. The van der Waals surface area contributed by atoms with E-state index in [1.165, 1.54) is 0 Å². The fourth-order valence-electron chi connectivity index (χ4n) is 0.987. The lowest BCUT2D eigenvalue weighted by Crippen LogP contribution is -2.42. The number of rotatable bonds is 7. The lowest BCUT2D eigenvalue weighted by Gasteiger charge is -2.21. The van der Waals surface area contributed by atoms with Crippen LogP contribution in [0.15, 0.2) is 0 Å². The van der Waals surface area contributed by atoms with Crippen molar-refractivity contribution in [1.29, 1.82) is 0 Å². The minimum atomic E-state index is -1.02. The number of hydrogen-bond donors (Lipinski definition) is 3. The van der Waals surface area contributed by atoms with Crippen LogP contribution < -0.4 is 5.32 Å². The SMILES string of the molecule is COCC(C)CNCC(C)(O)CO. The third kappa shape index (κ3) is 6.95. The van der Waals surface area contributed by atoms with Crippen molar-refractivity contribution in [3.63, 3.8) is 0 Å². The van der Waals surface area contributed by atoms with E-state index in [1.54, 1.807) is 14.0 Å². The fourth-order valence-corrected chi connectivity index (χ4v) is 0.987. The Hall–Kier alpha value is -0.160. The summed E-state index contributed by atoms with van der Waals surface area (Å²) >= 11 is 0. The first kappa shape index (κ1) is 12.8. The van der Waals surface area contributed by atoms with Gasteiger partial charge in [-0.05, 0) is 12.8 Å². The van der Waals surface area contributed by atoms with E-state index in [0.29, 0.717) is 19.1 Å². The van der Waals surface area contributed by atoms with Gasteiger partial charge in [0.2, 0.25) is 0 Å². The average Bonchev–Trinajstić information content (AvgIpc) is 2.05. The van der Waals surface area contributed by atoms with Crippen molar-refractivity contribution >= 4 is 0 Å². The number of hydrogen-bond acceptors (Lipinski definition) is 4. The van der Waals surface area contributed by atoms with E-state index in [-0.39, 0.29) is 6.61 Å². The van der Waals surface area contributed by atoms with Gasteiger partial charge in [0.15, 0.2) is 0 Å². The van der Waals surface area contributed by atoms with Gasteiger partial charge in [-0.1, -0.05) is 6.92 Å². The number of aliphatic hydroxyl groups is 2. The summed E-state index contributed by atoms with van der Waals surface area (Å²) in [5.41, 5.74) is -1.02. The number of ether oxygens (including phenoxy) is 1. The molecule has 0 aromatic rings. The van der Waals surface area contributed by atoms with Crippen molar-refractivity contribution in [3.05, 3.63) is 0 Å². The zero-order valence-electron chi connectivity index (χ0n) is 8.71. The zero-order valence-corrected chi connectivity index (χ0v) is 8.71. The molecule has 2 unspecified atom stereocenters. The Balaban J connectivity index is 3.44. The Labute approximate surface area is 79.9 Å². The van der Waals surface area contributed by atoms with Gasteiger partial charge in [0.1, 0.15) is 0 Å². The molecule has 4 nitrogen and oxygen atoms in total. The monoisotopic (exact) mass is 191 g/mol. The van der Waals surface area contributed by atoms with Gasteiger partial charge in [-0.2, -0.15) is 0 Å². The molecule has 3 N–H and O–H groups in total. The molecule has 0 rings (SSSR count). The molecule has 0 aromatic carbocycles. The van der Waals surface area contributed by atoms with Crippen LogP contribution in [-0.2, 0) is 4.74 Å². The number of nitrogens with one attached hydrogen (secondary N) is 1. The zero-order chi connectivity index (χ0) is 10.3. The molecule has 0 aliphatic carbocycles. The number of aliphatic hydroxyl groups excluding tert-OH is 1. The average molecular weight is 191 g/mol. The smallest absolute Gasteiger partial charge is 0.0972 e. The Kier molecular flexibility index (Phi) is 6.24. The van der Waals surface area contributed by atoms with Crippen LogP contribution in [0.2, 0.25) is 0 Å². The molecule has 0 amide bonds. The lowest BCUT2D eigenvalue weighted by molar-refractivity contribution is 0.00174. The normalized spacial score (nSPS) is 18.2. The summed E-state index contributed by atoms with van der Waals surface area (Å²) in [6.07, 6.45) is 0. The maximum atomic E-state index is 9.42. The molecule has 80 valence electrons. The predicted octanol–water partition coefficient (Wildman–Crippen LogP) is -0.398. The van der Waals surface area contributed by atoms with Crippen molar-refractivity contribution in [2.24, 2.45) is 5.92 Å². The second kappa shape index (κ2) is 6.32. The highest BCUT2D eigenvalue weighted by Gasteiger charge is 2.18. The minimum Gasteiger partial charge on any atom is -0.393 e. The molecular weight excluding hydrogens is 170 g/mol. The van der Waals surface area contributed by atoms with E-state index in [2.05, 4.69) is 12.2 Å². The van der Waals surface area contributed by atoms with E-state index in [9.17, 15) is 5.11 Å². The quantitative estimate of drug-likeness (QED) is 0.512. The Morgan fingerprint density at radius 1 is 1.54 bits per heavy atom.